The summed E-state index contributed by atoms with van der Waals surface area (Å²) >= 11 is 1.33. The summed E-state index contributed by atoms with van der Waals surface area (Å²) in [6.45, 7) is 6.52. The van der Waals surface area contributed by atoms with Crippen LogP contribution < -0.4 is 5.32 Å². The lowest BCUT2D eigenvalue weighted by Gasteiger charge is -2.22. The minimum Gasteiger partial charge on any atom is -0.377 e. The molecular formula is C11H21N5OS. The van der Waals surface area contributed by atoms with Crippen molar-refractivity contribution >= 4 is 22.4 Å². The van der Waals surface area contributed by atoms with E-state index in [2.05, 4.69) is 14.9 Å². The second-order valence-electron chi connectivity index (χ2n) is 4.04. The lowest BCUT2D eigenvalue weighted by atomic mass is 10.3. The quantitative estimate of drug-likeness (QED) is 0.797. The molecule has 0 saturated carbocycles. The molecule has 0 aliphatic heterocycles. The number of hydrogen-bond acceptors (Lipinski definition) is 6. The fraction of sp³-hybridized carbons (Fsp3) is 0.727. The highest BCUT2D eigenvalue weighted by molar-refractivity contribution is 7.10. The third-order valence-electron chi connectivity index (χ3n) is 2.72. The van der Waals surface area contributed by atoms with E-state index < -0.39 is 0 Å². The van der Waals surface area contributed by atoms with Gasteiger partial charge in [0, 0.05) is 38.2 Å². The summed E-state index contributed by atoms with van der Waals surface area (Å²) in [7, 11) is 3.76. The van der Waals surface area contributed by atoms with Crippen LogP contribution in [0.2, 0.25) is 0 Å². The number of anilines is 1. The number of rotatable bonds is 7. The molecule has 1 amide bonds. The third kappa shape index (κ3) is 3.92. The van der Waals surface area contributed by atoms with Crippen molar-refractivity contribution < 1.29 is 4.79 Å². The largest absolute Gasteiger partial charge is 0.377 e. The van der Waals surface area contributed by atoms with Gasteiger partial charge in [-0.05, 0) is 20.9 Å². The van der Waals surface area contributed by atoms with Crippen LogP contribution in [0, 0.1) is 0 Å². The summed E-state index contributed by atoms with van der Waals surface area (Å²) in [6, 6.07) is 0. The zero-order valence-electron chi connectivity index (χ0n) is 11.4. The Hall–Kier alpha value is -1.21. The standard InChI is InChI=1S/C11H21N5OS/c1-5-16(6-2)10(17)8-15(4)7-9-11(12-3)18-14-13-9/h12H,5-8H2,1-4H3. The van der Waals surface area contributed by atoms with Crippen molar-refractivity contribution in [3.05, 3.63) is 5.69 Å². The number of carbonyl (C=O) groups excluding carboxylic acids is 1. The van der Waals surface area contributed by atoms with Crippen LogP contribution in [0.25, 0.3) is 0 Å². The first-order chi connectivity index (χ1) is 8.62. The molecule has 0 atom stereocenters. The van der Waals surface area contributed by atoms with Crippen LogP contribution in [0.4, 0.5) is 5.00 Å². The van der Waals surface area contributed by atoms with Gasteiger partial charge < -0.3 is 10.2 Å². The molecule has 0 unspecified atom stereocenters. The van der Waals surface area contributed by atoms with Gasteiger partial charge in [0.15, 0.2) is 0 Å². The second kappa shape index (κ2) is 7.27. The smallest absolute Gasteiger partial charge is 0.236 e. The lowest BCUT2D eigenvalue weighted by molar-refractivity contribution is -0.131. The molecule has 1 aromatic rings. The van der Waals surface area contributed by atoms with Gasteiger partial charge >= 0.3 is 0 Å². The molecule has 1 aromatic heterocycles. The summed E-state index contributed by atoms with van der Waals surface area (Å²) in [5.41, 5.74) is 0.886. The maximum absolute atomic E-state index is 11.9. The van der Waals surface area contributed by atoms with Crippen LogP contribution in [0.3, 0.4) is 0 Å². The predicted octanol–water partition coefficient (Wildman–Crippen LogP) is 0.880. The zero-order valence-corrected chi connectivity index (χ0v) is 12.3. The fourth-order valence-corrected chi connectivity index (χ4v) is 2.24. The van der Waals surface area contributed by atoms with Gasteiger partial charge in [-0.25, -0.2) is 0 Å². The molecule has 0 aliphatic carbocycles. The Morgan fingerprint density at radius 3 is 2.61 bits per heavy atom. The van der Waals surface area contributed by atoms with Gasteiger partial charge in [-0.15, -0.1) is 5.10 Å². The van der Waals surface area contributed by atoms with Crippen LogP contribution in [0.1, 0.15) is 19.5 Å². The van der Waals surface area contributed by atoms with Gasteiger partial charge in [-0.1, -0.05) is 4.49 Å². The Kier molecular flexibility index (Phi) is 6.00. The molecule has 0 spiro atoms. The molecule has 7 heteroatoms. The predicted molar refractivity (Wildman–Crippen MR) is 73.7 cm³/mol. The minimum absolute atomic E-state index is 0.150. The molecular weight excluding hydrogens is 250 g/mol. The van der Waals surface area contributed by atoms with Crippen LogP contribution in [-0.4, -0.2) is 59.0 Å². The summed E-state index contributed by atoms with van der Waals surface area (Å²) in [5.74, 6) is 0.150. The van der Waals surface area contributed by atoms with E-state index in [0.717, 1.165) is 23.8 Å². The topological polar surface area (TPSA) is 61.4 Å². The number of hydrogen-bond donors (Lipinski definition) is 1. The monoisotopic (exact) mass is 271 g/mol. The number of nitrogens with one attached hydrogen (secondary N) is 1. The highest BCUT2D eigenvalue weighted by Gasteiger charge is 2.15. The number of likely N-dealkylation sites (N-methyl/N-ethyl adjacent to an activating group) is 2. The van der Waals surface area contributed by atoms with Crippen molar-refractivity contribution in [2.75, 3.05) is 39.0 Å². The molecule has 0 saturated heterocycles. The first-order valence-corrected chi connectivity index (χ1v) is 6.84. The summed E-state index contributed by atoms with van der Waals surface area (Å²) < 4.78 is 3.90. The van der Waals surface area contributed by atoms with Crippen molar-refractivity contribution in [1.82, 2.24) is 19.4 Å². The van der Waals surface area contributed by atoms with E-state index in [1.165, 1.54) is 11.5 Å². The average molecular weight is 271 g/mol. The van der Waals surface area contributed by atoms with E-state index in [1.807, 2.05) is 37.7 Å². The molecule has 0 fully saturated rings. The molecule has 1 rings (SSSR count). The van der Waals surface area contributed by atoms with E-state index in [1.54, 1.807) is 0 Å². The Bertz CT molecular complexity index is 377. The van der Waals surface area contributed by atoms with E-state index in [9.17, 15) is 4.79 Å². The van der Waals surface area contributed by atoms with Crippen LogP contribution >= 0.6 is 11.5 Å². The Morgan fingerprint density at radius 1 is 1.39 bits per heavy atom. The molecule has 0 radical (unpaired) electrons. The first-order valence-electron chi connectivity index (χ1n) is 6.07. The normalized spacial score (nSPS) is 10.7. The number of carbonyl (C=O) groups is 1. The van der Waals surface area contributed by atoms with Gasteiger partial charge in [0.25, 0.3) is 0 Å². The first kappa shape index (κ1) is 14.8. The fourth-order valence-electron chi connectivity index (χ4n) is 1.72. The summed E-state index contributed by atoms with van der Waals surface area (Å²) in [5, 5.41) is 8.07. The maximum atomic E-state index is 11.9. The van der Waals surface area contributed by atoms with Crippen LogP contribution in [0.15, 0.2) is 0 Å². The Morgan fingerprint density at radius 2 is 2.06 bits per heavy atom. The number of nitrogens with zero attached hydrogens (tertiary/aromatic N) is 4. The van der Waals surface area contributed by atoms with Crippen LogP contribution in [-0.2, 0) is 11.3 Å². The van der Waals surface area contributed by atoms with Crippen molar-refractivity contribution in [3.63, 3.8) is 0 Å². The Labute approximate surface area is 112 Å². The highest BCUT2D eigenvalue weighted by atomic mass is 32.1. The summed E-state index contributed by atoms with van der Waals surface area (Å²) in [4.78, 5) is 15.7. The average Bonchev–Trinajstić information content (AvgIpc) is 2.77. The molecule has 0 bridgehead atoms. The van der Waals surface area contributed by atoms with E-state index in [-0.39, 0.29) is 5.91 Å². The molecule has 0 aliphatic rings. The minimum atomic E-state index is 0.150. The van der Waals surface area contributed by atoms with Crippen LogP contribution in [0.5, 0.6) is 0 Å². The number of aromatic nitrogens is 2. The van der Waals surface area contributed by atoms with Gasteiger partial charge in [0.2, 0.25) is 5.91 Å². The molecule has 102 valence electrons. The maximum Gasteiger partial charge on any atom is 0.236 e. The molecule has 6 nitrogen and oxygen atoms in total. The molecule has 1 heterocycles. The molecule has 1 N–H and O–H groups in total. The van der Waals surface area contributed by atoms with Gasteiger partial charge in [-0.2, -0.15) is 0 Å². The molecule has 18 heavy (non-hydrogen) atoms. The highest BCUT2D eigenvalue weighted by Crippen LogP contribution is 2.17. The SMILES string of the molecule is CCN(CC)C(=O)CN(C)Cc1nnsc1NC. The van der Waals surface area contributed by atoms with E-state index in [4.69, 9.17) is 0 Å². The second-order valence-corrected chi connectivity index (χ2v) is 4.79. The van der Waals surface area contributed by atoms with Crippen molar-refractivity contribution in [1.29, 1.82) is 0 Å². The van der Waals surface area contributed by atoms with E-state index >= 15 is 0 Å². The third-order valence-corrected chi connectivity index (χ3v) is 3.51. The van der Waals surface area contributed by atoms with Crippen molar-refractivity contribution in [2.24, 2.45) is 0 Å². The summed E-state index contributed by atoms with van der Waals surface area (Å²) in [6.07, 6.45) is 0. The van der Waals surface area contributed by atoms with Gasteiger partial charge in [-0.3, -0.25) is 9.69 Å². The lowest BCUT2D eigenvalue weighted by Crippen LogP contribution is -2.38. The molecule has 0 aromatic carbocycles. The van der Waals surface area contributed by atoms with E-state index in [0.29, 0.717) is 13.1 Å². The van der Waals surface area contributed by atoms with Gasteiger partial charge in [0.05, 0.1) is 6.54 Å². The van der Waals surface area contributed by atoms with Gasteiger partial charge in [0.1, 0.15) is 10.7 Å². The zero-order chi connectivity index (χ0) is 13.5. The van der Waals surface area contributed by atoms with Crippen molar-refractivity contribution in [3.8, 4) is 0 Å². The Balaban J connectivity index is 2.51. The van der Waals surface area contributed by atoms with Crippen molar-refractivity contribution in [2.45, 2.75) is 20.4 Å². The number of amides is 1.